The molecule has 10 heteroatoms. The third-order valence-electron chi connectivity index (χ3n) is 2.92. The molecule has 126 valence electrons. The van der Waals surface area contributed by atoms with Crippen molar-refractivity contribution in [3.8, 4) is 0 Å². The number of hydrogen-bond acceptors (Lipinski definition) is 4. The first-order valence-corrected chi connectivity index (χ1v) is 7.99. The van der Waals surface area contributed by atoms with E-state index in [-0.39, 0.29) is 22.4 Å². The predicted octanol–water partition coefficient (Wildman–Crippen LogP) is 2.42. The van der Waals surface area contributed by atoms with Crippen LogP contribution in [0.4, 0.5) is 18.9 Å². The zero-order valence-electron chi connectivity index (χ0n) is 11.7. The SMILES string of the molecule is O=C(CSC1NCCC(=O)N1)Nc1cc(C(F)(F)F)ccc1Cl. The van der Waals surface area contributed by atoms with E-state index in [1.165, 1.54) is 0 Å². The summed E-state index contributed by atoms with van der Waals surface area (Å²) in [5, 5.41) is 7.97. The number of benzene rings is 1. The maximum Gasteiger partial charge on any atom is 0.416 e. The second-order valence-corrected chi connectivity index (χ2v) is 6.20. The lowest BCUT2D eigenvalue weighted by Crippen LogP contribution is -2.49. The van der Waals surface area contributed by atoms with Gasteiger partial charge in [-0.25, -0.2) is 0 Å². The molecule has 1 fully saturated rings. The summed E-state index contributed by atoms with van der Waals surface area (Å²) in [6.45, 7) is 0.505. The quantitative estimate of drug-likeness (QED) is 0.764. The van der Waals surface area contributed by atoms with Gasteiger partial charge >= 0.3 is 6.18 Å². The molecule has 2 rings (SSSR count). The molecule has 1 aromatic carbocycles. The summed E-state index contributed by atoms with van der Waals surface area (Å²) in [5.41, 5.74) is -1.40. The van der Waals surface area contributed by atoms with Crippen LogP contribution >= 0.6 is 23.4 Å². The number of carbonyl (C=O) groups is 2. The van der Waals surface area contributed by atoms with E-state index >= 15 is 0 Å². The van der Waals surface area contributed by atoms with Gasteiger partial charge in [-0.15, -0.1) is 11.8 Å². The minimum Gasteiger partial charge on any atom is -0.332 e. The highest BCUT2D eigenvalue weighted by Gasteiger charge is 2.31. The van der Waals surface area contributed by atoms with Crippen LogP contribution in [0.15, 0.2) is 18.2 Å². The first-order valence-electron chi connectivity index (χ1n) is 6.56. The maximum atomic E-state index is 12.7. The molecule has 1 aliphatic rings. The summed E-state index contributed by atoms with van der Waals surface area (Å²) >= 11 is 6.92. The van der Waals surface area contributed by atoms with Crippen LogP contribution in [0.1, 0.15) is 12.0 Å². The molecule has 0 saturated carbocycles. The summed E-state index contributed by atoms with van der Waals surface area (Å²) < 4.78 is 38.0. The first kappa shape index (κ1) is 17.9. The molecule has 1 saturated heterocycles. The van der Waals surface area contributed by atoms with Crippen molar-refractivity contribution >= 4 is 40.9 Å². The van der Waals surface area contributed by atoms with Crippen molar-refractivity contribution in [1.29, 1.82) is 0 Å². The van der Waals surface area contributed by atoms with E-state index in [0.29, 0.717) is 13.0 Å². The molecule has 23 heavy (non-hydrogen) atoms. The lowest BCUT2D eigenvalue weighted by atomic mass is 10.2. The number of alkyl halides is 3. The number of nitrogens with one attached hydrogen (secondary N) is 3. The van der Waals surface area contributed by atoms with Crippen molar-refractivity contribution in [3.05, 3.63) is 28.8 Å². The number of halogens is 4. The van der Waals surface area contributed by atoms with Crippen molar-refractivity contribution in [3.63, 3.8) is 0 Å². The predicted molar refractivity (Wildman–Crippen MR) is 82.1 cm³/mol. The summed E-state index contributed by atoms with van der Waals surface area (Å²) in [4.78, 5) is 23.0. The zero-order chi connectivity index (χ0) is 17.0. The van der Waals surface area contributed by atoms with Crippen LogP contribution in [0.5, 0.6) is 0 Å². The summed E-state index contributed by atoms with van der Waals surface area (Å²) in [7, 11) is 0. The molecule has 0 spiro atoms. The van der Waals surface area contributed by atoms with Crippen molar-refractivity contribution in [2.24, 2.45) is 0 Å². The van der Waals surface area contributed by atoms with E-state index in [9.17, 15) is 22.8 Å². The highest BCUT2D eigenvalue weighted by molar-refractivity contribution is 8.00. The van der Waals surface area contributed by atoms with E-state index in [2.05, 4.69) is 16.0 Å². The third kappa shape index (κ3) is 5.29. The molecule has 1 heterocycles. The van der Waals surface area contributed by atoms with Gasteiger partial charge in [0.15, 0.2) is 0 Å². The molecule has 5 nitrogen and oxygen atoms in total. The molecule has 1 aromatic rings. The molecule has 1 aliphatic heterocycles. The molecule has 2 amide bonds. The lowest BCUT2D eigenvalue weighted by molar-refractivity contribution is -0.137. The van der Waals surface area contributed by atoms with Gasteiger partial charge in [0.1, 0.15) is 5.50 Å². The van der Waals surface area contributed by atoms with Crippen molar-refractivity contribution in [1.82, 2.24) is 10.6 Å². The molecule has 0 aromatic heterocycles. The van der Waals surface area contributed by atoms with E-state index in [1.807, 2.05) is 0 Å². The minimum absolute atomic E-state index is 0.0143. The van der Waals surface area contributed by atoms with Crippen LogP contribution in [0.2, 0.25) is 5.02 Å². The van der Waals surface area contributed by atoms with Crippen molar-refractivity contribution in [2.75, 3.05) is 17.6 Å². The minimum atomic E-state index is -4.52. The average Bonchev–Trinajstić information content (AvgIpc) is 2.46. The molecule has 0 bridgehead atoms. The van der Waals surface area contributed by atoms with Crippen LogP contribution in [0.3, 0.4) is 0 Å². The summed E-state index contributed by atoms with van der Waals surface area (Å²) in [6, 6.07) is 2.70. The number of carbonyl (C=O) groups excluding carboxylic acids is 2. The smallest absolute Gasteiger partial charge is 0.332 e. The van der Waals surface area contributed by atoms with Gasteiger partial charge in [0.25, 0.3) is 0 Å². The molecule has 0 radical (unpaired) electrons. The lowest BCUT2D eigenvalue weighted by Gasteiger charge is -2.23. The Kier molecular flexibility index (Phi) is 5.77. The second kappa shape index (κ2) is 7.41. The van der Waals surface area contributed by atoms with E-state index in [0.717, 1.165) is 30.0 Å². The Hall–Kier alpha value is -1.45. The normalized spacial score (nSPS) is 18.4. The van der Waals surface area contributed by atoms with Crippen LogP contribution < -0.4 is 16.0 Å². The van der Waals surface area contributed by atoms with E-state index in [4.69, 9.17) is 11.6 Å². The fourth-order valence-corrected chi connectivity index (χ4v) is 2.83. The fourth-order valence-electron chi connectivity index (χ4n) is 1.83. The maximum absolute atomic E-state index is 12.7. The standard InChI is InChI=1S/C13H13ClF3N3O2S/c14-8-2-1-7(13(15,16)17)5-9(8)19-11(22)6-23-12-18-4-3-10(21)20-12/h1-2,5,12,18H,3-4,6H2,(H,19,22)(H,20,21). The fraction of sp³-hybridized carbons (Fsp3) is 0.385. The zero-order valence-corrected chi connectivity index (χ0v) is 13.2. The molecule has 3 N–H and O–H groups in total. The molecular formula is C13H13ClF3N3O2S. The van der Waals surface area contributed by atoms with Gasteiger partial charge < -0.3 is 10.6 Å². The highest BCUT2D eigenvalue weighted by atomic mass is 35.5. The number of rotatable bonds is 4. The van der Waals surface area contributed by atoms with Crippen molar-refractivity contribution < 1.29 is 22.8 Å². The van der Waals surface area contributed by atoms with Gasteiger partial charge in [-0.2, -0.15) is 13.2 Å². The number of hydrogen-bond donors (Lipinski definition) is 3. The van der Waals surface area contributed by atoms with Gasteiger partial charge in [0, 0.05) is 13.0 Å². The molecule has 0 aliphatic carbocycles. The van der Waals surface area contributed by atoms with Gasteiger partial charge in [0.2, 0.25) is 11.8 Å². The van der Waals surface area contributed by atoms with Gasteiger partial charge in [-0.1, -0.05) is 11.6 Å². The molecule has 1 unspecified atom stereocenters. The largest absolute Gasteiger partial charge is 0.416 e. The van der Waals surface area contributed by atoms with Crippen molar-refractivity contribution in [2.45, 2.75) is 18.1 Å². The summed E-state index contributed by atoms with van der Waals surface area (Å²) in [6.07, 6.45) is -4.15. The Morgan fingerprint density at radius 2 is 2.17 bits per heavy atom. The van der Waals surface area contributed by atoms with Crippen LogP contribution in [-0.2, 0) is 15.8 Å². The summed E-state index contributed by atoms with van der Waals surface area (Å²) in [5.74, 6) is -0.690. The topological polar surface area (TPSA) is 70.2 Å². The van der Waals surface area contributed by atoms with Crippen LogP contribution in [0, 0.1) is 0 Å². The number of anilines is 1. The van der Waals surface area contributed by atoms with Crippen LogP contribution in [-0.4, -0.2) is 29.6 Å². The first-order chi connectivity index (χ1) is 10.8. The van der Waals surface area contributed by atoms with Crippen LogP contribution in [0.25, 0.3) is 0 Å². The third-order valence-corrected chi connectivity index (χ3v) is 4.30. The van der Waals surface area contributed by atoms with Gasteiger partial charge in [-0.3, -0.25) is 14.9 Å². The average molecular weight is 368 g/mol. The Bertz CT molecular complexity index is 613. The van der Waals surface area contributed by atoms with E-state index < -0.39 is 23.1 Å². The second-order valence-electron chi connectivity index (χ2n) is 4.70. The van der Waals surface area contributed by atoms with Gasteiger partial charge in [0.05, 0.1) is 22.0 Å². The van der Waals surface area contributed by atoms with Gasteiger partial charge in [-0.05, 0) is 18.2 Å². The number of amides is 2. The Morgan fingerprint density at radius 1 is 1.43 bits per heavy atom. The Balaban J connectivity index is 1.93. The molecule has 1 atom stereocenters. The number of thioether (sulfide) groups is 1. The Morgan fingerprint density at radius 3 is 2.83 bits per heavy atom. The highest BCUT2D eigenvalue weighted by Crippen LogP contribution is 2.33. The monoisotopic (exact) mass is 367 g/mol. The Labute approximate surface area is 139 Å². The molecular weight excluding hydrogens is 355 g/mol. The van der Waals surface area contributed by atoms with E-state index in [1.54, 1.807) is 0 Å².